The van der Waals surface area contributed by atoms with Crippen LogP contribution in [0.2, 0.25) is 0 Å². The van der Waals surface area contributed by atoms with Gasteiger partial charge in [0, 0.05) is 6.54 Å². The van der Waals surface area contributed by atoms with E-state index in [2.05, 4.69) is 37.5 Å². The number of ether oxygens (including phenoxy) is 3. The highest BCUT2D eigenvalue weighted by Gasteiger charge is 2.41. The highest BCUT2D eigenvalue weighted by molar-refractivity contribution is 5.33. The molecule has 5 heteroatoms. The predicted molar refractivity (Wildman–Crippen MR) is 147 cm³/mol. The number of unbranched alkanes of at least 4 members (excludes halogenated alkanes) is 8. The van der Waals surface area contributed by atoms with Crippen LogP contribution in [0.1, 0.15) is 105 Å². The molecule has 2 aliphatic heterocycles. The SMILES string of the molecule is CCCCCN(CCCCC)CCOC1(CN(CCCCC)CCCCC)Oc2ccc(cc2)O1. The minimum Gasteiger partial charge on any atom is -0.429 e. The van der Waals surface area contributed by atoms with Gasteiger partial charge in [-0.3, -0.25) is 4.90 Å². The first-order chi connectivity index (χ1) is 17.1. The van der Waals surface area contributed by atoms with Gasteiger partial charge in [0.2, 0.25) is 0 Å². The van der Waals surface area contributed by atoms with E-state index < -0.39 is 5.97 Å². The molecule has 0 aromatic heterocycles. The molecule has 35 heavy (non-hydrogen) atoms. The second kappa shape index (κ2) is 18.0. The van der Waals surface area contributed by atoms with Crippen molar-refractivity contribution >= 4 is 0 Å². The maximum atomic E-state index is 6.57. The van der Waals surface area contributed by atoms with Gasteiger partial charge >= 0.3 is 5.97 Å². The molecular formula is C30H54N2O3. The van der Waals surface area contributed by atoms with Gasteiger partial charge in [-0.25, -0.2) is 0 Å². The molecule has 0 saturated heterocycles. The van der Waals surface area contributed by atoms with E-state index in [0.29, 0.717) is 13.2 Å². The fourth-order valence-corrected chi connectivity index (χ4v) is 4.68. The van der Waals surface area contributed by atoms with Crippen molar-refractivity contribution in [1.82, 2.24) is 9.80 Å². The Kier molecular flexibility index (Phi) is 15.4. The Morgan fingerprint density at radius 3 is 1.37 bits per heavy atom. The molecule has 2 heterocycles. The third-order valence-corrected chi connectivity index (χ3v) is 6.83. The number of rotatable bonds is 22. The maximum absolute atomic E-state index is 6.57. The highest BCUT2D eigenvalue weighted by Crippen LogP contribution is 2.32. The summed E-state index contributed by atoms with van der Waals surface area (Å²) in [4.78, 5) is 5.07. The summed E-state index contributed by atoms with van der Waals surface area (Å²) in [5.41, 5.74) is 0. The molecule has 0 saturated carbocycles. The first kappa shape index (κ1) is 29.9. The molecule has 5 nitrogen and oxygen atoms in total. The van der Waals surface area contributed by atoms with Gasteiger partial charge in [0.15, 0.2) is 0 Å². The van der Waals surface area contributed by atoms with E-state index in [0.717, 1.165) is 44.2 Å². The normalized spacial score (nSPS) is 14.3. The first-order valence-corrected chi connectivity index (χ1v) is 14.7. The van der Waals surface area contributed by atoms with E-state index in [1.807, 2.05) is 24.3 Å². The van der Waals surface area contributed by atoms with Crippen LogP contribution < -0.4 is 9.47 Å². The van der Waals surface area contributed by atoms with Gasteiger partial charge in [-0.05, 0) is 76.1 Å². The number of fused-ring (bicyclic) bond motifs is 4. The lowest BCUT2D eigenvalue weighted by molar-refractivity contribution is -0.306. The van der Waals surface area contributed by atoms with E-state index in [1.165, 1.54) is 77.0 Å². The van der Waals surface area contributed by atoms with Crippen LogP contribution in [0.25, 0.3) is 0 Å². The van der Waals surface area contributed by atoms with Crippen LogP contribution in [0.15, 0.2) is 24.3 Å². The minimum atomic E-state index is -1.09. The van der Waals surface area contributed by atoms with Crippen LogP contribution in [0.5, 0.6) is 11.5 Å². The van der Waals surface area contributed by atoms with Gasteiger partial charge in [-0.2, -0.15) is 0 Å². The summed E-state index contributed by atoms with van der Waals surface area (Å²) in [6, 6.07) is 7.95. The van der Waals surface area contributed by atoms with Crippen molar-refractivity contribution < 1.29 is 14.2 Å². The fraction of sp³-hybridized carbons (Fsp3) is 0.800. The van der Waals surface area contributed by atoms with Crippen LogP contribution >= 0.6 is 0 Å². The molecule has 202 valence electrons. The minimum absolute atomic E-state index is 0.608. The van der Waals surface area contributed by atoms with Gasteiger partial charge in [0.25, 0.3) is 0 Å². The van der Waals surface area contributed by atoms with E-state index in [9.17, 15) is 0 Å². The van der Waals surface area contributed by atoms with Gasteiger partial charge < -0.3 is 19.1 Å². The lowest BCUT2D eigenvalue weighted by Gasteiger charge is -2.37. The van der Waals surface area contributed by atoms with Gasteiger partial charge in [-0.15, -0.1) is 0 Å². The van der Waals surface area contributed by atoms with E-state index in [-0.39, 0.29) is 0 Å². The third-order valence-electron chi connectivity index (χ3n) is 6.83. The Bertz CT molecular complexity index is 592. The van der Waals surface area contributed by atoms with Gasteiger partial charge in [0.1, 0.15) is 18.0 Å². The fourth-order valence-electron chi connectivity index (χ4n) is 4.68. The summed E-state index contributed by atoms with van der Waals surface area (Å²) < 4.78 is 19.4. The van der Waals surface area contributed by atoms with Crippen molar-refractivity contribution in [1.29, 1.82) is 0 Å². The van der Waals surface area contributed by atoms with Crippen LogP contribution in [0.3, 0.4) is 0 Å². The van der Waals surface area contributed by atoms with E-state index in [4.69, 9.17) is 14.2 Å². The van der Waals surface area contributed by atoms with Gasteiger partial charge in [0.05, 0.1) is 6.61 Å². The average molecular weight is 491 g/mol. The van der Waals surface area contributed by atoms with Crippen molar-refractivity contribution in [3.63, 3.8) is 0 Å². The zero-order valence-corrected chi connectivity index (χ0v) is 23.4. The molecule has 3 rings (SSSR count). The number of benzene rings is 1. The molecule has 0 amide bonds. The van der Waals surface area contributed by atoms with E-state index >= 15 is 0 Å². The summed E-state index contributed by atoms with van der Waals surface area (Å²) >= 11 is 0. The molecule has 2 bridgehead atoms. The third kappa shape index (κ3) is 12.0. The van der Waals surface area contributed by atoms with Crippen LogP contribution in [-0.4, -0.2) is 61.6 Å². The molecule has 1 aromatic carbocycles. The zero-order chi connectivity index (χ0) is 25.2. The summed E-state index contributed by atoms with van der Waals surface area (Å²) in [5, 5.41) is 0. The molecular weight excluding hydrogens is 436 g/mol. The topological polar surface area (TPSA) is 34.2 Å². The second-order valence-electron chi connectivity index (χ2n) is 10.2. The molecule has 0 fully saturated rings. The quantitative estimate of drug-likeness (QED) is 0.157. The predicted octanol–water partition coefficient (Wildman–Crippen LogP) is 7.49. The van der Waals surface area contributed by atoms with Crippen LogP contribution in [-0.2, 0) is 4.74 Å². The first-order valence-electron chi connectivity index (χ1n) is 14.7. The van der Waals surface area contributed by atoms with Crippen molar-refractivity contribution in [3.8, 4) is 11.5 Å². The molecule has 0 atom stereocenters. The standard InChI is InChI=1S/C30H54N2O3/c1-5-9-13-21-31(22-14-10-6-2)25-26-33-30(34-28-17-18-29(35-30)20-19-28)27-32(23-15-11-7-3)24-16-12-8-4/h17-20H,5-16,21-27H2,1-4H3. The Morgan fingerprint density at radius 2 is 0.971 bits per heavy atom. The largest absolute Gasteiger partial charge is 0.429 e. The lowest BCUT2D eigenvalue weighted by atomic mass is 10.2. The Labute approximate surface area is 216 Å². The van der Waals surface area contributed by atoms with Gasteiger partial charge in [-0.1, -0.05) is 79.1 Å². The molecule has 0 spiro atoms. The number of hydrogen-bond acceptors (Lipinski definition) is 5. The van der Waals surface area contributed by atoms with Crippen molar-refractivity contribution in [2.45, 2.75) is 111 Å². The van der Waals surface area contributed by atoms with Crippen molar-refractivity contribution in [3.05, 3.63) is 24.3 Å². The second-order valence-corrected chi connectivity index (χ2v) is 10.2. The Hall–Kier alpha value is -1.30. The lowest BCUT2D eigenvalue weighted by Crippen LogP contribution is -2.54. The average Bonchev–Trinajstić information content (AvgIpc) is 3.13. The zero-order valence-electron chi connectivity index (χ0n) is 23.4. The van der Waals surface area contributed by atoms with E-state index in [1.54, 1.807) is 0 Å². The van der Waals surface area contributed by atoms with Crippen LogP contribution in [0, 0.1) is 0 Å². The van der Waals surface area contributed by atoms with Crippen molar-refractivity contribution in [2.24, 2.45) is 0 Å². The molecule has 2 aliphatic rings. The smallest absolute Gasteiger partial charge is 0.385 e. The molecule has 0 unspecified atom stereocenters. The number of hydrogen-bond donors (Lipinski definition) is 0. The Balaban J connectivity index is 2.05. The summed E-state index contributed by atoms with van der Waals surface area (Å²) in [7, 11) is 0. The summed E-state index contributed by atoms with van der Waals surface area (Å²) in [5.74, 6) is 0.543. The van der Waals surface area contributed by atoms with Crippen LogP contribution in [0.4, 0.5) is 0 Å². The monoisotopic (exact) mass is 490 g/mol. The molecule has 1 aromatic rings. The number of nitrogens with zero attached hydrogens (tertiary/aromatic N) is 2. The van der Waals surface area contributed by atoms with Crippen molar-refractivity contribution in [2.75, 3.05) is 45.9 Å². The summed E-state index contributed by atoms with van der Waals surface area (Å²) in [6.07, 6.45) is 15.0. The maximum Gasteiger partial charge on any atom is 0.385 e. The molecule has 0 aliphatic carbocycles. The summed E-state index contributed by atoms with van der Waals surface area (Å²) in [6.45, 7) is 15.6. The highest BCUT2D eigenvalue weighted by atomic mass is 16.9. The molecule has 0 N–H and O–H groups in total. The Morgan fingerprint density at radius 1 is 0.571 bits per heavy atom. The molecule has 0 radical (unpaired) electrons.